The summed E-state index contributed by atoms with van der Waals surface area (Å²) >= 11 is 6.86. The summed E-state index contributed by atoms with van der Waals surface area (Å²) in [6, 6.07) is 12.9. The molecular formula is C17H12Br2O4. The van der Waals surface area contributed by atoms with Crippen molar-refractivity contribution >= 4 is 49.4 Å². The van der Waals surface area contributed by atoms with Crippen molar-refractivity contribution in [3.8, 4) is 0 Å². The molecule has 2 aromatic rings. The Kier molecular flexibility index (Phi) is 5.74. The van der Waals surface area contributed by atoms with Crippen LogP contribution in [0.3, 0.4) is 0 Å². The molecule has 0 saturated heterocycles. The van der Waals surface area contributed by atoms with E-state index in [-0.39, 0.29) is 5.76 Å². The van der Waals surface area contributed by atoms with Gasteiger partial charge in [0.2, 0.25) is 0 Å². The molecule has 0 fully saturated rings. The monoisotopic (exact) mass is 438 g/mol. The van der Waals surface area contributed by atoms with Crippen molar-refractivity contribution in [2.75, 3.05) is 0 Å². The first-order chi connectivity index (χ1) is 10.8. The van der Waals surface area contributed by atoms with E-state index in [1.165, 1.54) is 0 Å². The highest BCUT2D eigenvalue weighted by molar-refractivity contribution is 9.11. The first-order valence-corrected chi connectivity index (χ1v) is 8.16. The summed E-state index contributed by atoms with van der Waals surface area (Å²) < 4.78 is 1.90. The number of carbonyl (C=O) groups is 2. The number of aliphatic hydroxyl groups is 1. The zero-order valence-electron chi connectivity index (χ0n) is 11.8. The molecule has 4 nitrogen and oxygen atoms in total. The Morgan fingerprint density at radius 1 is 0.957 bits per heavy atom. The van der Waals surface area contributed by atoms with Crippen LogP contribution in [0.4, 0.5) is 0 Å². The predicted molar refractivity (Wildman–Crippen MR) is 94.3 cm³/mol. The van der Waals surface area contributed by atoms with Crippen LogP contribution in [0.5, 0.6) is 0 Å². The quantitative estimate of drug-likeness (QED) is 0.412. The summed E-state index contributed by atoms with van der Waals surface area (Å²) in [6.07, 6.45) is 1.34. The second kappa shape index (κ2) is 7.57. The minimum Gasteiger partial charge on any atom is -0.507 e. The molecule has 0 aromatic heterocycles. The summed E-state index contributed by atoms with van der Waals surface area (Å²) in [7, 11) is 0. The van der Waals surface area contributed by atoms with Crippen molar-refractivity contribution in [1.82, 2.24) is 0 Å². The van der Waals surface area contributed by atoms with E-state index in [9.17, 15) is 14.7 Å². The Labute approximate surface area is 149 Å². The number of rotatable bonds is 5. The Morgan fingerprint density at radius 3 is 2.22 bits per heavy atom. The summed E-state index contributed by atoms with van der Waals surface area (Å²) in [5, 5.41) is 18.4. The highest BCUT2D eigenvalue weighted by Gasteiger charge is 2.11. The fraction of sp³-hybridized carbons (Fsp3) is 0.0588. The fourth-order valence-electron chi connectivity index (χ4n) is 2.06. The molecule has 0 aliphatic rings. The first-order valence-electron chi connectivity index (χ1n) is 6.57. The Morgan fingerprint density at radius 2 is 1.61 bits per heavy atom. The SMILES string of the molecule is O=C(O)C(=O)/C=C(\O)c1cccc(Cc2cc(Br)cc(Br)c2)c1. The molecule has 2 rings (SSSR count). The van der Waals surface area contributed by atoms with E-state index in [2.05, 4.69) is 31.9 Å². The maximum absolute atomic E-state index is 11.1. The number of carbonyl (C=O) groups excluding carboxylic acids is 1. The van der Waals surface area contributed by atoms with Crippen molar-refractivity contribution in [2.45, 2.75) is 6.42 Å². The van der Waals surface area contributed by atoms with Crippen LogP contribution in [0.1, 0.15) is 16.7 Å². The zero-order valence-corrected chi connectivity index (χ0v) is 15.0. The highest BCUT2D eigenvalue weighted by atomic mass is 79.9. The number of benzene rings is 2. The molecule has 0 aliphatic carbocycles. The van der Waals surface area contributed by atoms with Crippen molar-refractivity contribution in [1.29, 1.82) is 0 Å². The maximum Gasteiger partial charge on any atom is 0.376 e. The van der Waals surface area contributed by atoms with Gasteiger partial charge in [-0.2, -0.15) is 0 Å². The van der Waals surface area contributed by atoms with Crippen LogP contribution in [0, 0.1) is 0 Å². The molecule has 0 heterocycles. The minimum atomic E-state index is -1.60. The minimum absolute atomic E-state index is 0.366. The molecule has 0 spiro atoms. The van der Waals surface area contributed by atoms with E-state index >= 15 is 0 Å². The molecule has 0 amide bonds. The van der Waals surface area contributed by atoms with Crippen molar-refractivity contribution in [3.05, 3.63) is 74.2 Å². The second-order valence-electron chi connectivity index (χ2n) is 4.85. The second-order valence-corrected chi connectivity index (χ2v) is 6.69. The van der Waals surface area contributed by atoms with Crippen LogP contribution in [0.15, 0.2) is 57.5 Å². The molecular weight excluding hydrogens is 428 g/mol. The van der Waals surface area contributed by atoms with Crippen LogP contribution in [0.2, 0.25) is 0 Å². The van der Waals surface area contributed by atoms with Gasteiger partial charge in [0.15, 0.2) is 0 Å². The lowest BCUT2D eigenvalue weighted by molar-refractivity contribution is -0.146. The van der Waals surface area contributed by atoms with Crippen molar-refractivity contribution < 1.29 is 19.8 Å². The number of ketones is 1. The molecule has 6 heteroatoms. The van der Waals surface area contributed by atoms with Crippen molar-refractivity contribution in [2.24, 2.45) is 0 Å². The standard InChI is InChI=1S/C17H12Br2O4/c18-13-6-11(7-14(19)8-13)4-10-2-1-3-12(5-10)15(20)9-16(21)17(22)23/h1-3,5-9,20H,4H2,(H,22,23)/b15-9-. The summed E-state index contributed by atoms with van der Waals surface area (Å²) in [5.41, 5.74) is 2.38. The topological polar surface area (TPSA) is 74.6 Å². The number of hydrogen-bond donors (Lipinski definition) is 2. The van der Waals surface area contributed by atoms with Gasteiger partial charge < -0.3 is 10.2 Å². The fourth-order valence-corrected chi connectivity index (χ4v) is 3.45. The zero-order chi connectivity index (χ0) is 17.0. The highest BCUT2D eigenvalue weighted by Crippen LogP contribution is 2.23. The molecule has 23 heavy (non-hydrogen) atoms. The van der Waals surface area contributed by atoms with Gasteiger partial charge >= 0.3 is 5.97 Å². The molecule has 0 radical (unpaired) electrons. The third-order valence-corrected chi connectivity index (χ3v) is 3.95. The average Bonchev–Trinajstić information content (AvgIpc) is 2.46. The molecule has 2 aromatic carbocycles. The Bertz CT molecular complexity index is 777. The molecule has 0 saturated carbocycles. The third-order valence-electron chi connectivity index (χ3n) is 3.03. The molecule has 0 unspecified atom stereocenters. The molecule has 0 bridgehead atoms. The van der Waals surface area contributed by atoms with Gasteiger partial charge in [0.1, 0.15) is 5.76 Å². The number of hydrogen-bond acceptors (Lipinski definition) is 3. The van der Waals surface area contributed by atoms with E-state index in [1.54, 1.807) is 18.2 Å². The van der Waals surface area contributed by atoms with Crippen LogP contribution in [-0.2, 0) is 16.0 Å². The lowest BCUT2D eigenvalue weighted by Crippen LogP contribution is -2.09. The lowest BCUT2D eigenvalue weighted by atomic mass is 10.0. The van der Waals surface area contributed by atoms with Gasteiger partial charge in [0.25, 0.3) is 5.78 Å². The van der Waals surface area contributed by atoms with Gasteiger partial charge in [-0.05, 0) is 41.8 Å². The van der Waals surface area contributed by atoms with Crippen molar-refractivity contribution in [3.63, 3.8) is 0 Å². The lowest BCUT2D eigenvalue weighted by Gasteiger charge is -2.06. The number of carboxylic acid groups (broad SMARTS) is 1. The molecule has 118 valence electrons. The van der Waals surface area contributed by atoms with Crippen LogP contribution >= 0.6 is 31.9 Å². The van der Waals surface area contributed by atoms with E-state index < -0.39 is 11.8 Å². The van der Waals surface area contributed by atoms with Gasteiger partial charge in [-0.25, -0.2) is 4.79 Å². The number of carboxylic acids is 1. The summed E-state index contributed by atoms with van der Waals surface area (Å²) in [4.78, 5) is 21.7. The molecule has 0 atom stereocenters. The normalized spacial score (nSPS) is 11.3. The van der Waals surface area contributed by atoms with Gasteiger partial charge in [0.05, 0.1) is 0 Å². The Balaban J connectivity index is 2.26. The molecule has 2 N–H and O–H groups in total. The third kappa shape index (κ3) is 5.04. The van der Waals surface area contributed by atoms with E-state index in [0.717, 1.165) is 20.1 Å². The number of aliphatic carboxylic acids is 1. The van der Waals surface area contributed by atoms with Crippen LogP contribution < -0.4 is 0 Å². The van der Waals surface area contributed by atoms with Gasteiger partial charge in [-0.1, -0.05) is 50.1 Å². The molecule has 0 aliphatic heterocycles. The van der Waals surface area contributed by atoms with E-state index in [1.807, 2.05) is 24.3 Å². The summed E-state index contributed by atoms with van der Waals surface area (Å²) in [5.74, 6) is -3.13. The number of halogens is 2. The maximum atomic E-state index is 11.1. The predicted octanol–water partition coefficient (Wildman–Crippen LogP) is 4.36. The van der Waals surface area contributed by atoms with E-state index in [4.69, 9.17) is 5.11 Å². The summed E-state index contributed by atoms with van der Waals surface area (Å²) in [6.45, 7) is 0. The number of aliphatic hydroxyl groups excluding tert-OH is 1. The van der Waals surface area contributed by atoms with E-state index in [0.29, 0.717) is 18.1 Å². The average molecular weight is 440 g/mol. The largest absolute Gasteiger partial charge is 0.507 e. The first kappa shape index (κ1) is 17.4. The van der Waals surface area contributed by atoms with Gasteiger partial charge in [0, 0.05) is 20.6 Å². The van der Waals surface area contributed by atoms with Crippen LogP contribution in [0.25, 0.3) is 5.76 Å². The Hall–Kier alpha value is -1.92. The van der Waals surface area contributed by atoms with Gasteiger partial charge in [-0.3, -0.25) is 4.79 Å². The smallest absolute Gasteiger partial charge is 0.376 e. The van der Waals surface area contributed by atoms with Crippen LogP contribution in [-0.4, -0.2) is 22.0 Å². The van der Waals surface area contributed by atoms with Gasteiger partial charge in [-0.15, -0.1) is 0 Å².